The average molecular weight is 199 g/mol. The number of carbonyl (C=O) groups is 2. The van der Waals surface area contributed by atoms with Gasteiger partial charge >= 0.3 is 6.03 Å². The number of nitrogens with two attached hydrogens (primary N) is 1. The largest absolute Gasteiger partial charge is 0.366 e. The maximum atomic E-state index is 10.9. The quantitative estimate of drug-likeness (QED) is 0.651. The van der Waals surface area contributed by atoms with Gasteiger partial charge in [0.2, 0.25) is 0 Å². The third kappa shape index (κ3) is 2.19. The lowest BCUT2D eigenvalue weighted by Gasteiger charge is -2.02. The Labute approximate surface area is 78.9 Å². The van der Waals surface area contributed by atoms with Crippen molar-refractivity contribution < 1.29 is 9.59 Å². The molecule has 3 amide bonds. The summed E-state index contributed by atoms with van der Waals surface area (Å²) < 4.78 is 0. The number of hydrogen-bond acceptors (Lipinski definition) is 3. The summed E-state index contributed by atoms with van der Waals surface area (Å²) in [5.74, 6) is -0.548. The second kappa shape index (κ2) is 3.90. The Morgan fingerprint density at radius 1 is 1.54 bits per heavy atom. The van der Waals surface area contributed by atoms with Gasteiger partial charge in [-0.05, 0) is 11.4 Å². The van der Waals surface area contributed by atoms with Crippen LogP contribution in [0.4, 0.5) is 9.80 Å². The Balaban J connectivity index is 2.82. The number of nitrogens with one attached hydrogen (secondary N) is 2. The number of hydrogen-bond donors (Lipinski definition) is 3. The molecule has 0 aliphatic rings. The van der Waals surface area contributed by atoms with E-state index in [4.69, 9.17) is 5.73 Å². The van der Waals surface area contributed by atoms with Crippen molar-refractivity contribution in [3.05, 3.63) is 17.0 Å². The molecule has 0 saturated carbocycles. The van der Waals surface area contributed by atoms with E-state index in [9.17, 15) is 9.59 Å². The maximum Gasteiger partial charge on any atom is 0.319 e. The van der Waals surface area contributed by atoms with E-state index in [-0.39, 0.29) is 6.03 Å². The first-order valence-corrected chi connectivity index (χ1v) is 4.39. The van der Waals surface area contributed by atoms with E-state index in [2.05, 4.69) is 10.6 Å². The zero-order valence-electron chi connectivity index (χ0n) is 6.96. The minimum absolute atomic E-state index is 0.327. The minimum atomic E-state index is -0.548. The fraction of sp³-hybridized carbons (Fsp3) is 0.143. The Kier molecular flexibility index (Phi) is 2.86. The highest BCUT2D eigenvalue weighted by Crippen LogP contribution is 2.22. The van der Waals surface area contributed by atoms with Crippen molar-refractivity contribution in [3.63, 3.8) is 0 Å². The summed E-state index contributed by atoms with van der Waals surface area (Å²) in [5, 5.41) is 7.01. The van der Waals surface area contributed by atoms with Crippen molar-refractivity contribution in [1.29, 1.82) is 0 Å². The van der Waals surface area contributed by atoms with Gasteiger partial charge in [-0.1, -0.05) is 0 Å². The topological polar surface area (TPSA) is 84.2 Å². The molecule has 0 spiro atoms. The van der Waals surface area contributed by atoms with Crippen molar-refractivity contribution in [2.45, 2.75) is 0 Å². The first kappa shape index (κ1) is 9.53. The molecule has 0 aromatic carbocycles. The molecular formula is C7H9N3O2S. The van der Waals surface area contributed by atoms with E-state index in [1.165, 1.54) is 18.4 Å². The second-order valence-corrected chi connectivity index (χ2v) is 3.15. The van der Waals surface area contributed by atoms with Crippen LogP contribution in [0.25, 0.3) is 0 Å². The van der Waals surface area contributed by atoms with Crippen LogP contribution < -0.4 is 16.4 Å². The molecule has 0 saturated heterocycles. The van der Waals surface area contributed by atoms with Crippen LogP contribution in [0.3, 0.4) is 0 Å². The van der Waals surface area contributed by atoms with Crippen LogP contribution in [-0.4, -0.2) is 19.0 Å². The summed E-state index contributed by atoms with van der Waals surface area (Å²) in [6, 6.07) is 1.20. The predicted molar refractivity (Wildman–Crippen MR) is 50.9 cm³/mol. The molecule has 13 heavy (non-hydrogen) atoms. The molecule has 0 bridgehead atoms. The fourth-order valence-electron chi connectivity index (χ4n) is 0.766. The van der Waals surface area contributed by atoms with E-state index < -0.39 is 5.91 Å². The molecule has 4 N–H and O–H groups in total. The zero-order valence-corrected chi connectivity index (χ0v) is 7.77. The molecule has 0 unspecified atom stereocenters. The van der Waals surface area contributed by atoms with Gasteiger partial charge in [-0.2, -0.15) is 0 Å². The van der Waals surface area contributed by atoms with E-state index >= 15 is 0 Å². The lowest BCUT2D eigenvalue weighted by atomic mass is 10.3. The highest BCUT2D eigenvalue weighted by molar-refractivity contribution is 7.14. The molecule has 1 aromatic rings. The van der Waals surface area contributed by atoms with Crippen molar-refractivity contribution in [2.24, 2.45) is 5.73 Å². The van der Waals surface area contributed by atoms with E-state index in [1.54, 1.807) is 11.4 Å². The van der Waals surface area contributed by atoms with Gasteiger partial charge in [0.15, 0.2) is 0 Å². The highest BCUT2D eigenvalue weighted by atomic mass is 32.1. The van der Waals surface area contributed by atoms with Gasteiger partial charge in [-0.25, -0.2) is 4.79 Å². The molecule has 1 aromatic heterocycles. The zero-order chi connectivity index (χ0) is 9.84. The smallest absolute Gasteiger partial charge is 0.319 e. The molecule has 70 valence electrons. The number of rotatable bonds is 2. The first-order chi connectivity index (χ1) is 6.15. The Bertz CT molecular complexity index is 334. The minimum Gasteiger partial charge on any atom is -0.366 e. The van der Waals surface area contributed by atoms with Crippen LogP contribution in [0, 0.1) is 0 Å². The molecule has 0 fully saturated rings. The van der Waals surface area contributed by atoms with Gasteiger partial charge in [0, 0.05) is 7.05 Å². The standard InChI is InChI=1S/C7H9N3O2S/c1-9-7(12)10-6-4(5(8)11)2-3-13-6/h2-3H,1H3,(H2,8,11)(H2,9,10,12). The van der Waals surface area contributed by atoms with E-state index in [1.807, 2.05) is 0 Å². The highest BCUT2D eigenvalue weighted by Gasteiger charge is 2.10. The normalized spacial score (nSPS) is 9.31. The Hall–Kier alpha value is -1.56. The molecule has 0 aliphatic heterocycles. The fourth-order valence-corrected chi connectivity index (χ4v) is 1.55. The third-order valence-electron chi connectivity index (χ3n) is 1.38. The summed E-state index contributed by atoms with van der Waals surface area (Å²) in [7, 11) is 1.49. The number of carbonyl (C=O) groups excluding carboxylic acids is 2. The van der Waals surface area contributed by atoms with E-state index in [0.717, 1.165) is 0 Å². The number of primary amides is 1. The second-order valence-electron chi connectivity index (χ2n) is 2.23. The van der Waals surface area contributed by atoms with Crippen LogP contribution in [0.5, 0.6) is 0 Å². The number of thiophene rings is 1. The van der Waals surface area contributed by atoms with Crippen LogP contribution in [0.15, 0.2) is 11.4 Å². The van der Waals surface area contributed by atoms with Gasteiger partial charge in [0.25, 0.3) is 5.91 Å². The molecule has 1 rings (SSSR count). The molecule has 0 atom stereocenters. The molecular weight excluding hydrogens is 190 g/mol. The summed E-state index contributed by atoms with van der Waals surface area (Å²) >= 11 is 1.25. The SMILES string of the molecule is CNC(=O)Nc1sccc1C(N)=O. The number of anilines is 1. The predicted octanol–water partition coefficient (Wildman–Crippen LogP) is 0.598. The molecule has 0 radical (unpaired) electrons. The van der Waals surface area contributed by atoms with Crippen LogP contribution in [0.2, 0.25) is 0 Å². The van der Waals surface area contributed by atoms with Gasteiger partial charge in [-0.3, -0.25) is 10.1 Å². The summed E-state index contributed by atoms with van der Waals surface area (Å²) in [6.07, 6.45) is 0. The first-order valence-electron chi connectivity index (χ1n) is 3.51. The van der Waals surface area contributed by atoms with E-state index in [0.29, 0.717) is 10.6 Å². The van der Waals surface area contributed by atoms with Gasteiger partial charge in [-0.15, -0.1) is 11.3 Å². The average Bonchev–Trinajstić information content (AvgIpc) is 2.52. The van der Waals surface area contributed by atoms with Crippen LogP contribution in [-0.2, 0) is 0 Å². The summed E-state index contributed by atoms with van der Waals surface area (Å²) in [6.45, 7) is 0. The van der Waals surface area contributed by atoms with Crippen LogP contribution >= 0.6 is 11.3 Å². The monoisotopic (exact) mass is 199 g/mol. The number of amides is 3. The van der Waals surface area contributed by atoms with Crippen LogP contribution in [0.1, 0.15) is 10.4 Å². The lowest BCUT2D eigenvalue weighted by Crippen LogP contribution is -2.25. The van der Waals surface area contributed by atoms with Gasteiger partial charge in [0.1, 0.15) is 5.00 Å². The molecule has 5 nitrogen and oxygen atoms in total. The Morgan fingerprint density at radius 2 is 2.23 bits per heavy atom. The molecule has 0 aliphatic carbocycles. The Morgan fingerprint density at radius 3 is 2.77 bits per heavy atom. The number of urea groups is 1. The maximum absolute atomic E-state index is 10.9. The van der Waals surface area contributed by atoms with Crippen molar-refractivity contribution in [2.75, 3.05) is 12.4 Å². The summed E-state index contributed by atoms with van der Waals surface area (Å²) in [5.41, 5.74) is 5.40. The lowest BCUT2D eigenvalue weighted by molar-refractivity contribution is 0.100. The molecule has 1 heterocycles. The van der Waals surface area contributed by atoms with Gasteiger partial charge in [0.05, 0.1) is 5.56 Å². The van der Waals surface area contributed by atoms with Crippen molar-refractivity contribution in [1.82, 2.24) is 5.32 Å². The third-order valence-corrected chi connectivity index (χ3v) is 2.21. The van der Waals surface area contributed by atoms with Crippen molar-refractivity contribution >= 4 is 28.3 Å². The van der Waals surface area contributed by atoms with Crippen molar-refractivity contribution in [3.8, 4) is 0 Å². The van der Waals surface area contributed by atoms with Gasteiger partial charge < -0.3 is 11.1 Å². The molecule has 6 heteroatoms. The summed E-state index contributed by atoms with van der Waals surface area (Å²) in [4.78, 5) is 21.7.